The molecule has 0 bridgehead atoms. The third kappa shape index (κ3) is 3.19. The third-order valence-electron chi connectivity index (χ3n) is 2.85. The zero-order valence-corrected chi connectivity index (χ0v) is 12.8. The summed E-state index contributed by atoms with van der Waals surface area (Å²) in [5.41, 5.74) is 1.07. The molecule has 19 heavy (non-hydrogen) atoms. The summed E-state index contributed by atoms with van der Waals surface area (Å²) in [6, 6.07) is 1.78. The first kappa shape index (κ1) is 14.1. The number of aromatic nitrogens is 4. The van der Waals surface area contributed by atoms with Gasteiger partial charge in [0, 0.05) is 18.9 Å². The molecule has 0 amide bonds. The fourth-order valence-electron chi connectivity index (χ4n) is 1.97. The molecule has 0 fully saturated rings. The first-order valence-electron chi connectivity index (χ1n) is 6.49. The van der Waals surface area contributed by atoms with Crippen LogP contribution in [0.25, 0.3) is 0 Å². The fourth-order valence-corrected chi connectivity index (χ4v) is 2.49. The van der Waals surface area contributed by atoms with Crippen LogP contribution < -0.4 is 5.32 Å². The highest BCUT2D eigenvalue weighted by atomic mass is 79.9. The summed E-state index contributed by atoms with van der Waals surface area (Å²) in [5.74, 6) is 0.770. The van der Waals surface area contributed by atoms with Gasteiger partial charge in [-0.3, -0.25) is 4.68 Å². The minimum absolute atomic E-state index is 0.0435. The monoisotopic (exact) mass is 323 g/mol. The van der Waals surface area contributed by atoms with E-state index in [0.29, 0.717) is 0 Å². The number of hydrogen-bond donors (Lipinski definition) is 1. The van der Waals surface area contributed by atoms with Crippen molar-refractivity contribution in [2.24, 2.45) is 0 Å². The molecule has 0 spiro atoms. The topological polar surface area (TPSA) is 55.6 Å². The molecular formula is C13H18BrN5. The van der Waals surface area contributed by atoms with Gasteiger partial charge in [-0.15, -0.1) is 0 Å². The number of nitrogens with zero attached hydrogens (tertiary/aromatic N) is 4. The van der Waals surface area contributed by atoms with Gasteiger partial charge >= 0.3 is 0 Å². The van der Waals surface area contributed by atoms with Crippen LogP contribution >= 0.6 is 15.9 Å². The average molecular weight is 324 g/mol. The van der Waals surface area contributed by atoms with E-state index in [4.69, 9.17) is 0 Å². The van der Waals surface area contributed by atoms with Crippen LogP contribution in [-0.4, -0.2) is 26.3 Å². The predicted octanol–water partition coefficient (Wildman–Crippen LogP) is 2.54. The summed E-state index contributed by atoms with van der Waals surface area (Å²) in [6.07, 6.45) is 6.41. The van der Waals surface area contributed by atoms with Crippen molar-refractivity contribution in [1.29, 1.82) is 0 Å². The van der Waals surface area contributed by atoms with Crippen molar-refractivity contribution in [3.05, 3.63) is 40.6 Å². The number of rotatable bonds is 6. The maximum absolute atomic E-state index is 4.37. The molecule has 102 valence electrons. The van der Waals surface area contributed by atoms with Crippen molar-refractivity contribution >= 4 is 15.9 Å². The van der Waals surface area contributed by atoms with Gasteiger partial charge in [-0.05, 0) is 41.9 Å². The van der Waals surface area contributed by atoms with Gasteiger partial charge in [0.05, 0.1) is 16.4 Å². The van der Waals surface area contributed by atoms with Gasteiger partial charge in [0.25, 0.3) is 0 Å². The Morgan fingerprint density at radius 1 is 1.32 bits per heavy atom. The van der Waals surface area contributed by atoms with Gasteiger partial charge in [-0.2, -0.15) is 5.10 Å². The normalized spacial score (nSPS) is 12.6. The van der Waals surface area contributed by atoms with Gasteiger partial charge < -0.3 is 5.32 Å². The van der Waals surface area contributed by atoms with Gasteiger partial charge in [-0.25, -0.2) is 9.97 Å². The molecule has 1 atom stereocenters. The van der Waals surface area contributed by atoms with Crippen molar-refractivity contribution in [1.82, 2.24) is 25.1 Å². The van der Waals surface area contributed by atoms with Crippen LogP contribution in [0, 0.1) is 0 Å². The summed E-state index contributed by atoms with van der Waals surface area (Å²) in [4.78, 5) is 8.74. The summed E-state index contributed by atoms with van der Waals surface area (Å²) in [6.45, 7) is 5.94. The molecule has 0 aliphatic rings. The molecule has 1 unspecified atom stereocenters. The predicted molar refractivity (Wildman–Crippen MR) is 77.8 cm³/mol. The largest absolute Gasteiger partial charge is 0.302 e. The van der Waals surface area contributed by atoms with Crippen molar-refractivity contribution < 1.29 is 0 Å². The van der Waals surface area contributed by atoms with Gasteiger partial charge in [0.15, 0.2) is 5.82 Å². The molecule has 5 nitrogen and oxygen atoms in total. The van der Waals surface area contributed by atoms with Crippen LogP contribution in [-0.2, 0) is 6.54 Å². The number of aryl methyl sites for hydroxylation is 1. The van der Waals surface area contributed by atoms with E-state index in [1.165, 1.54) is 0 Å². The van der Waals surface area contributed by atoms with Crippen molar-refractivity contribution in [3.8, 4) is 0 Å². The first-order valence-corrected chi connectivity index (χ1v) is 7.28. The number of halogens is 1. The Bertz CT molecular complexity index is 511. The second-order valence-electron chi connectivity index (χ2n) is 4.19. The van der Waals surface area contributed by atoms with Gasteiger partial charge in [0.2, 0.25) is 0 Å². The van der Waals surface area contributed by atoms with E-state index < -0.39 is 0 Å². The van der Waals surface area contributed by atoms with Gasteiger partial charge in [-0.1, -0.05) is 6.92 Å². The summed E-state index contributed by atoms with van der Waals surface area (Å²) in [7, 11) is 0. The molecule has 0 saturated heterocycles. The molecule has 0 aromatic carbocycles. The van der Waals surface area contributed by atoms with E-state index in [1.54, 1.807) is 12.4 Å². The second kappa shape index (κ2) is 6.77. The fraction of sp³-hybridized carbons (Fsp3) is 0.462. The third-order valence-corrected chi connectivity index (χ3v) is 3.46. The molecule has 0 aliphatic carbocycles. The lowest BCUT2D eigenvalue weighted by molar-refractivity contribution is 0.511. The summed E-state index contributed by atoms with van der Waals surface area (Å²) >= 11 is 3.57. The van der Waals surface area contributed by atoms with Crippen molar-refractivity contribution in [2.45, 2.75) is 32.9 Å². The SMILES string of the molecule is CCCNC(c1ncccn1)c1c(Br)cnn1CC. The minimum atomic E-state index is -0.0435. The Morgan fingerprint density at radius 3 is 2.68 bits per heavy atom. The molecule has 0 aliphatic heterocycles. The Kier molecular flexibility index (Phi) is 5.04. The molecular weight excluding hydrogens is 306 g/mol. The molecule has 2 rings (SSSR count). The zero-order valence-electron chi connectivity index (χ0n) is 11.2. The molecule has 2 aromatic heterocycles. The molecule has 2 aromatic rings. The van der Waals surface area contributed by atoms with E-state index in [9.17, 15) is 0 Å². The van der Waals surface area contributed by atoms with E-state index in [0.717, 1.165) is 35.5 Å². The quantitative estimate of drug-likeness (QED) is 0.887. The Morgan fingerprint density at radius 2 is 2.05 bits per heavy atom. The van der Waals surface area contributed by atoms with E-state index in [1.807, 2.05) is 16.9 Å². The Hall–Kier alpha value is -1.27. The average Bonchev–Trinajstić information content (AvgIpc) is 2.82. The Balaban J connectivity index is 2.40. The first-order chi connectivity index (χ1) is 9.27. The van der Waals surface area contributed by atoms with Crippen molar-refractivity contribution in [2.75, 3.05) is 6.54 Å². The Labute approximate surface area is 121 Å². The highest BCUT2D eigenvalue weighted by Gasteiger charge is 2.22. The summed E-state index contributed by atoms with van der Waals surface area (Å²) in [5, 5.41) is 7.85. The molecule has 0 saturated carbocycles. The lowest BCUT2D eigenvalue weighted by Gasteiger charge is -2.18. The van der Waals surface area contributed by atoms with Crippen LogP contribution in [0.5, 0.6) is 0 Å². The van der Waals surface area contributed by atoms with Crippen LogP contribution in [0.3, 0.4) is 0 Å². The van der Waals surface area contributed by atoms with E-state index in [2.05, 4.69) is 50.2 Å². The molecule has 1 N–H and O–H groups in total. The standard InChI is InChI=1S/C13H18BrN5/c1-3-6-15-11(13-16-7-5-8-17-13)12-10(14)9-18-19(12)4-2/h5,7-9,11,15H,3-4,6H2,1-2H3. The minimum Gasteiger partial charge on any atom is -0.302 e. The van der Waals surface area contributed by atoms with E-state index >= 15 is 0 Å². The highest BCUT2D eigenvalue weighted by Crippen LogP contribution is 2.26. The zero-order chi connectivity index (χ0) is 13.7. The second-order valence-corrected chi connectivity index (χ2v) is 5.04. The summed E-state index contributed by atoms with van der Waals surface area (Å²) < 4.78 is 2.95. The van der Waals surface area contributed by atoms with Crippen LogP contribution in [0.2, 0.25) is 0 Å². The smallest absolute Gasteiger partial charge is 0.151 e. The van der Waals surface area contributed by atoms with E-state index in [-0.39, 0.29) is 6.04 Å². The van der Waals surface area contributed by atoms with Crippen LogP contribution in [0.1, 0.15) is 37.8 Å². The molecule has 6 heteroatoms. The number of nitrogens with one attached hydrogen (secondary N) is 1. The lowest BCUT2D eigenvalue weighted by Crippen LogP contribution is -2.27. The molecule has 2 heterocycles. The maximum Gasteiger partial charge on any atom is 0.151 e. The lowest BCUT2D eigenvalue weighted by atomic mass is 10.2. The highest BCUT2D eigenvalue weighted by molar-refractivity contribution is 9.10. The van der Waals surface area contributed by atoms with Gasteiger partial charge in [0.1, 0.15) is 6.04 Å². The van der Waals surface area contributed by atoms with Crippen LogP contribution in [0.4, 0.5) is 0 Å². The van der Waals surface area contributed by atoms with Crippen LogP contribution in [0.15, 0.2) is 29.1 Å². The maximum atomic E-state index is 4.37. The number of hydrogen-bond acceptors (Lipinski definition) is 4. The van der Waals surface area contributed by atoms with Crippen molar-refractivity contribution in [3.63, 3.8) is 0 Å². The molecule has 0 radical (unpaired) electrons.